The van der Waals surface area contributed by atoms with Crippen LogP contribution in [0.5, 0.6) is 5.75 Å². The van der Waals surface area contributed by atoms with Crippen molar-refractivity contribution in [1.29, 1.82) is 5.26 Å². The zero-order valence-electron chi connectivity index (χ0n) is 13.7. The van der Waals surface area contributed by atoms with E-state index < -0.39 is 5.91 Å². The third-order valence-corrected chi connectivity index (χ3v) is 4.31. The number of phenols is 1. The lowest BCUT2D eigenvalue weighted by Crippen LogP contribution is -2.30. The van der Waals surface area contributed by atoms with Crippen molar-refractivity contribution in [2.24, 2.45) is 0 Å². The van der Waals surface area contributed by atoms with Crippen LogP contribution in [0.1, 0.15) is 37.7 Å². The molecule has 1 saturated carbocycles. The predicted molar refractivity (Wildman–Crippen MR) is 89.8 cm³/mol. The molecule has 0 aliphatic heterocycles. The number of anilines is 1. The highest BCUT2D eigenvalue weighted by molar-refractivity contribution is 6.06. The van der Waals surface area contributed by atoms with Gasteiger partial charge in [0.15, 0.2) is 0 Å². The van der Waals surface area contributed by atoms with Gasteiger partial charge in [0.2, 0.25) is 0 Å². The summed E-state index contributed by atoms with van der Waals surface area (Å²) in [7, 11) is 1.92. The molecule has 1 aromatic rings. The molecule has 0 heterocycles. The van der Waals surface area contributed by atoms with Crippen LogP contribution < -0.4 is 5.32 Å². The van der Waals surface area contributed by atoms with Crippen molar-refractivity contribution in [3.8, 4) is 11.8 Å². The lowest BCUT2D eigenvalue weighted by atomic mass is 9.94. The molecule has 0 radical (unpaired) electrons. The largest absolute Gasteiger partial charge is 0.508 e. The zero-order chi connectivity index (χ0) is 16.8. The summed E-state index contributed by atoms with van der Waals surface area (Å²) < 4.78 is 0. The van der Waals surface area contributed by atoms with E-state index in [1.54, 1.807) is 25.3 Å². The zero-order valence-corrected chi connectivity index (χ0v) is 13.7. The highest BCUT2D eigenvalue weighted by atomic mass is 16.3. The van der Waals surface area contributed by atoms with Crippen LogP contribution >= 0.6 is 0 Å². The van der Waals surface area contributed by atoms with Gasteiger partial charge in [-0.1, -0.05) is 19.3 Å². The van der Waals surface area contributed by atoms with Crippen molar-refractivity contribution in [3.05, 3.63) is 35.5 Å². The van der Waals surface area contributed by atoms with Crippen molar-refractivity contribution in [1.82, 2.24) is 4.90 Å². The molecule has 0 bridgehead atoms. The fourth-order valence-corrected chi connectivity index (χ4v) is 2.91. The molecule has 0 spiro atoms. The molecule has 2 rings (SSSR count). The lowest BCUT2D eigenvalue weighted by molar-refractivity contribution is -0.112. The number of hydrogen-bond acceptors (Lipinski definition) is 4. The normalized spacial score (nSPS) is 15.8. The smallest absolute Gasteiger partial charge is 0.267 e. The number of nitrogens with zero attached hydrogens (tertiary/aromatic N) is 2. The van der Waals surface area contributed by atoms with E-state index >= 15 is 0 Å². The third kappa shape index (κ3) is 4.49. The maximum atomic E-state index is 12.3. The first-order valence-electron chi connectivity index (χ1n) is 7.96. The minimum Gasteiger partial charge on any atom is -0.508 e. The van der Waals surface area contributed by atoms with Crippen LogP contribution in [0.2, 0.25) is 0 Å². The monoisotopic (exact) mass is 313 g/mol. The number of amides is 1. The Kier molecular flexibility index (Phi) is 5.64. The SMILES string of the molecule is Cc1cc(O)ccc1NC(=O)/C(C#N)=C\N(C)C1CCCCC1. The molecular weight excluding hydrogens is 290 g/mol. The van der Waals surface area contributed by atoms with E-state index in [1.807, 2.05) is 18.0 Å². The van der Waals surface area contributed by atoms with E-state index in [0.29, 0.717) is 11.7 Å². The summed E-state index contributed by atoms with van der Waals surface area (Å²) in [6.07, 6.45) is 7.50. The van der Waals surface area contributed by atoms with Crippen LogP contribution in [0.15, 0.2) is 30.0 Å². The van der Waals surface area contributed by atoms with Gasteiger partial charge in [-0.25, -0.2) is 0 Å². The summed E-state index contributed by atoms with van der Waals surface area (Å²) in [4.78, 5) is 14.3. The molecule has 0 atom stereocenters. The molecule has 2 N–H and O–H groups in total. The highest BCUT2D eigenvalue weighted by Crippen LogP contribution is 2.23. The first-order chi connectivity index (χ1) is 11.0. The molecule has 1 aromatic carbocycles. The maximum absolute atomic E-state index is 12.3. The average Bonchev–Trinajstić information content (AvgIpc) is 2.55. The molecular formula is C18H23N3O2. The molecule has 0 saturated heterocycles. The Morgan fingerprint density at radius 3 is 2.70 bits per heavy atom. The molecule has 5 nitrogen and oxygen atoms in total. The van der Waals surface area contributed by atoms with Gasteiger partial charge in [-0.2, -0.15) is 5.26 Å². The van der Waals surface area contributed by atoms with Gasteiger partial charge in [0.25, 0.3) is 5.91 Å². The van der Waals surface area contributed by atoms with E-state index in [0.717, 1.165) is 18.4 Å². The first kappa shape index (κ1) is 16.9. The molecule has 0 unspecified atom stereocenters. The number of benzene rings is 1. The van der Waals surface area contributed by atoms with Crippen LogP contribution in [0, 0.1) is 18.3 Å². The van der Waals surface area contributed by atoms with Gasteiger partial charge in [-0.3, -0.25) is 4.79 Å². The van der Waals surface area contributed by atoms with E-state index in [1.165, 1.54) is 25.3 Å². The summed E-state index contributed by atoms with van der Waals surface area (Å²) >= 11 is 0. The first-order valence-corrected chi connectivity index (χ1v) is 7.96. The van der Waals surface area contributed by atoms with Gasteiger partial charge in [0, 0.05) is 25.0 Å². The number of phenolic OH excluding ortho intramolecular Hbond substituents is 1. The fourth-order valence-electron chi connectivity index (χ4n) is 2.91. The number of nitrogens with one attached hydrogen (secondary N) is 1. The van der Waals surface area contributed by atoms with Crippen molar-refractivity contribution < 1.29 is 9.90 Å². The maximum Gasteiger partial charge on any atom is 0.267 e. The Hall–Kier alpha value is -2.48. The quantitative estimate of drug-likeness (QED) is 0.508. The Morgan fingerprint density at radius 1 is 1.39 bits per heavy atom. The van der Waals surface area contributed by atoms with Gasteiger partial charge in [0.1, 0.15) is 17.4 Å². The van der Waals surface area contributed by atoms with Crippen molar-refractivity contribution in [3.63, 3.8) is 0 Å². The fraction of sp³-hybridized carbons (Fsp3) is 0.444. The van der Waals surface area contributed by atoms with Crippen molar-refractivity contribution in [2.45, 2.75) is 45.1 Å². The van der Waals surface area contributed by atoms with Gasteiger partial charge in [-0.05, 0) is 43.5 Å². The number of hydrogen-bond donors (Lipinski definition) is 2. The number of aromatic hydroxyl groups is 1. The second kappa shape index (κ2) is 7.68. The number of carbonyl (C=O) groups excluding carboxylic acids is 1. The van der Waals surface area contributed by atoms with Crippen LogP contribution in [-0.2, 0) is 4.79 Å². The van der Waals surface area contributed by atoms with Crippen LogP contribution in [0.3, 0.4) is 0 Å². The Morgan fingerprint density at radius 2 is 2.09 bits per heavy atom. The average molecular weight is 313 g/mol. The predicted octanol–water partition coefficient (Wildman–Crippen LogP) is 3.31. The summed E-state index contributed by atoms with van der Waals surface area (Å²) in [6, 6.07) is 7.08. The lowest BCUT2D eigenvalue weighted by Gasteiger charge is -2.30. The molecule has 5 heteroatoms. The topological polar surface area (TPSA) is 76.4 Å². The van der Waals surface area contributed by atoms with Gasteiger partial charge in [-0.15, -0.1) is 0 Å². The third-order valence-electron chi connectivity index (χ3n) is 4.31. The summed E-state index contributed by atoms with van der Waals surface area (Å²) in [5.41, 5.74) is 1.43. The number of aryl methyl sites for hydroxylation is 1. The molecule has 23 heavy (non-hydrogen) atoms. The Bertz CT molecular complexity index is 640. The number of carbonyl (C=O) groups is 1. The van der Waals surface area contributed by atoms with E-state index in [9.17, 15) is 15.2 Å². The molecule has 0 aromatic heterocycles. The number of nitriles is 1. The Labute approximate surface area is 137 Å². The second-order valence-electron chi connectivity index (χ2n) is 6.07. The molecule has 1 fully saturated rings. The van der Waals surface area contributed by atoms with Crippen molar-refractivity contribution >= 4 is 11.6 Å². The second-order valence-corrected chi connectivity index (χ2v) is 6.07. The van der Waals surface area contributed by atoms with Crippen LogP contribution in [0.4, 0.5) is 5.69 Å². The highest BCUT2D eigenvalue weighted by Gasteiger charge is 2.18. The van der Waals surface area contributed by atoms with Crippen LogP contribution in [0.25, 0.3) is 0 Å². The summed E-state index contributed by atoms with van der Waals surface area (Å²) in [6.45, 7) is 1.79. The molecule has 1 amide bonds. The van der Waals surface area contributed by atoms with Gasteiger partial charge < -0.3 is 15.3 Å². The number of rotatable bonds is 4. The molecule has 1 aliphatic rings. The Balaban J connectivity index is 2.08. The molecule has 122 valence electrons. The van der Waals surface area contributed by atoms with Crippen LogP contribution in [-0.4, -0.2) is 29.0 Å². The van der Waals surface area contributed by atoms with Crippen molar-refractivity contribution in [2.75, 3.05) is 12.4 Å². The minimum absolute atomic E-state index is 0.0885. The summed E-state index contributed by atoms with van der Waals surface area (Å²) in [5, 5.41) is 21.4. The minimum atomic E-state index is -0.427. The van der Waals surface area contributed by atoms with E-state index in [4.69, 9.17) is 0 Å². The van der Waals surface area contributed by atoms with Gasteiger partial charge >= 0.3 is 0 Å². The molecule has 1 aliphatic carbocycles. The van der Waals surface area contributed by atoms with Gasteiger partial charge in [0.05, 0.1) is 0 Å². The standard InChI is InChI=1S/C18H23N3O2/c1-13-10-16(22)8-9-17(13)20-18(23)14(11-19)12-21(2)15-6-4-3-5-7-15/h8-10,12,15,22H,3-7H2,1-2H3,(H,20,23)/b14-12-. The van der Waals surface area contributed by atoms with E-state index in [2.05, 4.69) is 5.32 Å². The van der Waals surface area contributed by atoms with E-state index in [-0.39, 0.29) is 11.3 Å². The summed E-state index contributed by atoms with van der Waals surface area (Å²) in [5.74, 6) is -0.280.